The van der Waals surface area contributed by atoms with Crippen LogP contribution < -0.4 is 15.4 Å². The Morgan fingerprint density at radius 1 is 1.21 bits per heavy atom. The summed E-state index contributed by atoms with van der Waals surface area (Å²) in [5, 5.41) is 10.1. The van der Waals surface area contributed by atoms with Crippen molar-refractivity contribution >= 4 is 17.7 Å². The van der Waals surface area contributed by atoms with Crippen molar-refractivity contribution in [3.63, 3.8) is 0 Å². The Balaban J connectivity index is 1.67. The van der Waals surface area contributed by atoms with Crippen LogP contribution in [0.15, 0.2) is 30.3 Å². The van der Waals surface area contributed by atoms with Gasteiger partial charge in [-0.3, -0.25) is 19.1 Å². The number of fused-ring (bicyclic) bond motifs is 1. The topological polar surface area (TPSA) is 106 Å². The highest BCUT2D eigenvalue weighted by Crippen LogP contribution is 2.26. The number of nitrogens with one attached hydrogen (secondary N) is 2. The van der Waals surface area contributed by atoms with Gasteiger partial charge in [-0.05, 0) is 37.3 Å². The third-order valence-electron chi connectivity index (χ3n) is 6.10. The molecule has 0 saturated carbocycles. The number of hydrogen-bond donors (Lipinski definition) is 2. The second kappa shape index (κ2) is 10.1. The van der Waals surface area contributed by atoms with Gasteiger partial charge >= 0.3 is 0 Å². The Bertz CT molecular complexity index is 1030. The number of carbonyl (C=O) groups is 3. The molecule has 9 heteroatoms. The van der Waals surface area contributed by atoms with Gasteiger partial charge in [-0.2, -0.15) is 5.10 Å². The molecule has 1 aromatic carbocycles. The number of rotatable bonds is 9. The molecule has 0 spiro atoms. The zero-order valence-electron chi connectivity index (χ0n) is 20.0. The minimum atomic E-state index is -1.09. The van der Waals surface area contributed by atoms with E-state index >= 15 is 0 Å². The number of methoxy groups -OCH3 is 1. The van der Waals surface area contributed by atoms with Gasteiger partial charge in [0.15, 0.2) is 5.69 Å². The fourth-order valence-electron chi connectivity index (χ4n) is 3.81. The molecule has 1 aliphatic rings. The van der Waals surface area contributed by atoms with Crippen molar-refractivity contribution in [2.45, 2.75) is 45.7 Å². The van der Waals surface area contributed by atoms with E-state index in [0.717, 1.165) is 17.7 Å². The van der Waals surface area contributed by atoms with Gasteiger partial charge in [0.25, 0.3) is 11.8 Å². The molecule has 178 valence electrons. The maximum Gasteiger partial charge on any atom is 0.272 e. The van der Waals surface area contributed by atoms with Crippen molar-refractivity contribution in [2.75, 3.05) is 27.2 Å². The maximum atomic E-state index is 13.0. The molecule has 0 bridgehead atoms. The first-order chi connectivity index (χ1) is 15.7. The molecule has 33 heavy (non-hydrogen) atoms. The van der Waals surface area contributed by atoms with E-state index in [-0.39, 0.29) is 30.0 Å². The summed E-state index contributed by atoms with van der Waals surface area (Å²) in [6.45, 7) is 7.00. The molecule has 2 N–H and O–H groups in total. The van der Waals surface area contributed by atoms with E-state index in [1.807, 2.05) is 24.3 Å². The first-order valence-electron chi connectivity index (χ1n) is 11.2. The third-order valence-corrected chi connectivity index (χ3v) is 6.10. The molecular weight excluding hydrogens is 422 g/mol. The number of para-hydroxylation sites is 1. The van der Waals surface area contributed by atoms with E-state index in [2.05, 4.69) is 29.6 Å². The van der Waals surface area contributed by atoms with Crippen LogP contribution in [0.4, 0.5) is 0 Å². The lowest BCUT2D eigenvalue weighted by molar-refractivity contribution is -0.132. The van der Waals surface area contributed by atoms with Crippen LogP contribution in [-0.2, 0) is 17.8 Å². The summed E-state index contributed by atoms with van der Waals surface area (Å²) in [5.41, 5.74) is 0.335. The molecule has 3 rings (SSSR count). The van der Waals surface area contributed by atoms with Gasteiger partial charge in [-0.25, -0.2) is 0 Å². The quantitative estimate of drug-likeness (QED) is 0.601. The Kier molecular flexibility index (Phi) is 7.40. The van der Waals surface area contributed by atoms with Crippen LogP contribution >= 0.6 is 0 Å². The van der Waals surface area contributed by atoms with Crippen molar-refractivity contribution < 1.29 is 19.1 Å². The molecule has 2 aromatic rings. The summed E-state index contributed by atoms with van der Waals surface area (Å²) in [6, 6.07) is 9.11. The molecule has 1 atom stereocenters. The molecule has 9 nitrogen and oxygen atoms in total. The molecule has 1 aliphatic heterocycles. The normalized spacial score (nSPS) is 17.6. The van der Waals surface area contributed by atoms with Gasteiger partial charge in [0, 0.05) is 26.2 Å². The second-order valence-electron chi connectivity index (χ2n) is 8.97. The van der Waals surface area contributed by atoms with Crippen molar-refractivity contribution in [1.82, 2.24) is 25.3 Å². The smallest absolute Gasteiger partial charge is 0.272 e. The Morgan fingerprint density at radius 3 is 2.64 bits per heavy atom. The molecule has 0 fully saturated rings. The molecule has 3 amide bonds. The number of carbonyl (C=O) groups excluding carboxylic acids is 3. The van der Waals surface area contributed by atoms with Crippen molar-refractivity contribution in [2.24, 2.45) is 5.92 Å². The van der Waals surface area contributed by atoms with E-state index in [1.54, 1.807) is 21.1 Å². The van der Waals surface area contributed by atoms with Gasteiger partial charge in [0.05, 0.1) is 13.7 Å². The third kappa shape index (κ3) is 5.18. The summed E-state index contributed by atoms with van der Waals surface area (Å²) in [7, 11) is 3.22. The number of amides is 3. The largest absolute Gasteiger partial charge is 0.496 e. The van der Waals surface area contributed by atoms with Crippen molar-refractivity contribution in [3.8, 4) is 5.75 Å². The fourth-order valence-corrected chi connectivity index (χ4v) is 3.81. The lowest BCUT2D eigenvalue weighted by atomic mass is 9.95. The van der Waals surface area contributed by atoms with E-state index in [9.17, 15) is 14.4 Å². The molecule has 0 radical (unpaired) electrons. The van der Waals surface area contributed by atoms with E-state index in [0.29, 0.717) is 31.1 Å². The summed E-state index contributed by atoms with van der Waals surface area (Å²) in [5.74, 6) is 0.283. The number of likely N-dealkylation sites (N-methyl/N-ethyl adjacent to an activating group) is 1. The zero-order chi connectivity index (χ0) is 24.2. The molecule has 1 aromatic heterocycles. The minimum Gasteiger partial charge on any atom is -0.496 e. The molecule has 2 heterocycles. The highest BCUT2D eigenvalue weighted by molar-refractivity contribution is 6.01. The average Bonchev–Trinajstić information content (AvgIpc) is 3.21. The summed E-state index contributed by atoms with van der Waals surface area (Å²) < 4.78 is 6.79. The van der Waals surface area contributed by atoms with Crippen LogP contribution in [0.5, 0.6) is 5.75 Å². The number of aromatic nitrogens is 2. The number of hydrogen-bond acceptors (Lipinski definition) is 5. The second-order valence-corrected chi connectivity index (χ2v) is 8.97. The Morgan fingerprint density at radius 2 is 1.94 bits per heavy atom. The summed E-state index contributed by atoms with van der Waals surface area (Å²) in [4.78, 5) is 40.0. The standard InChI is InChI=1S/C24H33N5O4/c1-16(2)10-12-26-23(32)24(3)15-29-19(22(31)28(24)4)14-18(27-29)21(30)25-13-11-17-8-6-7-9-20(17)33-5/h6-9,14,16H,10-13,15H2,1-5H3,(H,25,30)(H,26,32)/t24-/m1/s1. The zero-order valence-corrected chi connectivity index (χ0v) is 20.0. The van der Waals surface area contributed by atoms with Crippen LogP contribution in [-0.4, -0.2) is 65.2 Å². The van der Waals surface area contributed by atoms with Crippen molar-refractivity contribution in [3.05, 3.63) is 47.3 Å². The molecular formula is C24H33N5O4. The molecule has 0 aliphatic carbocycles. The summed E-state index contributed by atoms with van der Waals surface area (Å²) >= 11 is 0. The van der Waals surface area contributed by atoms with Gasteiger partial charge in [-0.1, -0.05) is 32.0 Å². The van der Waals surface area contributed by atoms with Gasteiger partial charge in [0.1, 0.15) is 17.0 Å². The monoisotopic (exact) mass is 455 g/mol. The van der Waals surface area contributed by atoms with Crippen LogP contribution in [0.1, 0.15) is 53.7 Å². The lowest BCUT2D eigenvalue weighted by Gasteiger charge is -2.40. The molecule has 0 unspecified atom stereocenters. The van der Waals surface area contributed by atoms with E-state index < -0.39 is 5.54 Å². The minimum absolute atomic E-state index is 0.149. The van der Waals surface area contributed by atoms with Crippen LogP contribution in [0, 0.1) is 5.92 Å². The van der Waals surface area contributed by atoms with Crippen LogP contribution in [0.25, 0.3) is 0 Å². The number of ether oxygens (including phenoxy) is 1. The Hall–Kier alpha value is -3.36. The maximum absolute atomic E-state index is 13.0. The SMILES string of the molecule is COc1ccccc1CCNC(=O)c1cc2n(n1)C[C@](C)(C(=O)NCCC(C)C)N(C)C2=O. The predicted molar refractivity (Wildman–Crippen MR) is 124 cm³/mol. The van der Waals surface area contributed by atoms with Crippen molar-refractivity contribution in [1.29, 1.82) is 0 Å². The first kappa shape index (κ1) is 24.3. The first-order valence-corrected chi connectivity index (χ1v) is 11.2. The summed E-state index contributed by atoms with van der Waals surface area (Å²) in [6.07, 6.45) is 1.45. The van der Waals surface area contributed by atoms with E-state index in [4.69, 9.17) is 4.74 Å². The molecule has 0 saturated heterocycles. The number of benzene rings is 1. The highest BCUT2D eigenvalue weighted by Gasteiger charge is 2.46. The number of nitrogens with zero attached hydrogens (tertiary/aromatic N) is 3. The van der Waals surface area contributed by atoms with Gasteiger partial charge in [-0.15, -0.1) is 0 Å². The average molecular weight is 456 g/mol. The van der Waals surface area contributed by atoms with Gasteiger partial charge < -0.3 is 20.3 Å². The fraction of sp³-hybridized carbons (Fsp3) is 0.500. The lowest BCUT2D eigenvalue weighted by Crippen LogP contribution is -2.62. The van der Waals surface area contributed by atoms with E-state index in [1.165, 1.54) is 15.6 Å². The predicted octanol–water partition coefficient (Wildman–Crippen LogP) is 1.87. The Labute approximate surface area is 194 Å². The highest BCUT2D eigenvalue weighted by atomic mass is 16.5. The van der Waals surface area contributed by atoms with Gasteiger partial charge in [0.2, 0.25) is 5.91 Å². The van der Waals surface area contributed by atoms with Crippen LogP contribution in [0.3, 0.4) is 0 Å². The van der Waals surface area contributed by atoms with Crippen LogP contribution in [0.2, 0.25) is 0 Å².